The molecule has 0 aliphatic heterocycles. The summed E-state index contributed by atoms with van der Waals surface area (Å²) < 4.78 is 5.36. The average molecular weight is 218 g/mol. The lowest BCUT2D eigenvalue weighted by Crippen LogP contribution is -1.95. The summed E-state index contributed by atoms with van der Waals surface area (Å²) in [5, 5.41) is 1.12. The highest BCUT2D eigenvalue weighted by Gasteiger charge is 2.11. The van der Waals surface area contributed by atoms with Crippen LogP contribution in [0.2, 0.25) is 0 Å². The topological polar surface area (TPSA) is 51.0 Å². The standard InChI is InChI=1S/C13H18N2O/c1-8(2)10-4-5-12(16-3)11-6-9(7-14)15-13(10)11/h4-6,8,15H,7,14H2,1-3H3. The fourth-order valence-corrected chi connectivity index (χ4v) is 2.04. The van der Waals surface area contributed by atoms with Crippen LogP contribution >= 0.6 is 0 Å². The van der Waals surface area contributed by atoms with Crippen molar-refractivity contribution in [3.05, 3.63) is 29.5 Å². The third kappa shape index (κ3) is 1.67. The Labute approximate surface area is 95.6 Å². The zero-order chi connectivity index (χ0) is 11.7. The molecule has 2 aromatic rings. The van der Waals surface area contributed by atoms with Crippen LogP contribution in [0.1, 0.15) is 31.0 Å². The van der Waals surface area contributed by atoms with Crippen LogP contribution in [0.4, 0.5) is 0 Å². The molecule has 3 heteroatoms. The van der Waals surface area contributed by atoms with E-state index in [1.807, 2.05) is 6.07 Å². The minimum absolute atomic E-state index is 0.484. The molecule has 2 rings (SSSR count). The Hall–Kier alpha value is -1.48. The molecule has 1 aromatic carbocycles. The predicted octanol–water partition coefficient (Wildman–Crippen LogP) is 2.76. The summed E-state index contributed by atoms with van der Waals surface area (Å²) >= 11 is 0. The number of benzene rings is 1. The van der Waals surface area contributed by atoms with E-state index in [0.717, 1.165) is 22.3 Å². The van der Waals surface area contributed by atoms with Gasteiger partial charge in [0.25, 0.3) is 0 Å². The first-order chi connectivity index (χ1) is 7.67. The number of aromatic amines is 1. The molecule has 0 atom stereocenters. The molecule has 0 bridgehead atoms. The molecule has 0 saturated heterocycles. The van der Waals surface area contributed by atoms with Crippen molar-refractivity contribution in [3.8, 4) is 5.75 Å². The van der Waals surface area contributed by atoms with Crippen molar-refractivity contribution in [2.75, 3.05) is 7.11 Å². The van der Waals surface area contributed by atoms with Crippen molar-refractivity contribution in [2.45, 2.75) is 26.3 Å². The van der Waals surface area contributed by atoms with Gasteiger partial charge in [0, 0.05) is 17.6 Å². The second-order valence-corrected chi connectivity index (χ2v) is 4.30. The molecule has 3 N–H and O–H groups in total. The van der Waals surface area contributed by atoms with E-state index < -0.39 is 0 Å². The Morgan fingerprint density at radius 3 is 2.69 bits per heavy atom. The van der Waals surface area contributed by atoms with Gasteiger partial charge in [-0.3, -0.25) is 0 Å². The lowest BCUT2D eigenvalue weighted by molar-refractivity contribution is 0.419. The molecule has 1 heterocycles. The molecule has 0 saturated carbocycles. The second-order valence-electron chi connectivity index (χ2n) is 4.30. The van der Waals surface area contributed by atoms with Crippen LogP contribution in [0.25, 0.3) is 10.9 Å². The molecule has 0 spiro atoms. The van der Waals surface area contributed by atoms with Crippen LogP contribution in [0.3, 0.4) is 0 Å². The summed E-state index contributed by atoms with van der Waals surface area (Å²) in [7, 11) is 1.69. The van der Waals surface area contributed by atoms with Crippen LogP contribution < -0.4 is 10.5 Å². The fraction of sp³-hybridized carbons (Fsp3) is 0.385. The zero-order valence-electron chi connectivity index (χ0n) is 10.0. The number of nitrogens with two attached hydrogens (primary N) is 1. The van der Waals surface area contributed by atoms with Gasteiger partial charge in [-0.25, -0.2) is 0 Å². The Morgan fingerprint density at radius 2 is 2.12 bits per heavy atom. The number of fused-ring (bicyclic) bond motifs is 1. The Balaban J connectivity index is 2.72. The highest BCUT2D eigenvalue weighted by atomic mass is 16.5. The first kappa shape index (κ1) is 11.0. The molecule has 3 nitrogen and oxygen atoms in total. The maximum Gasteiger partial charge on any atom is 0.128 e. The molecule has 0 aliphatic rings. The van der Waals surface area contributed by atoms with E-state index in [1.165, 1.54) is 5.56 Å². The Morgan fingerprint density at radius 1 is 1.38 bits per heavy atom. The van der Waals surface area contributed by atoms with E-state index >= 15 is 0 Å². The van der Waals surface area contributed by atoms with Crippen molar-refractivity contribution in [2.24, 2.45) is 5.73 Å². The molecule has 0 amide bonds. The first-order valence-electron chi connectivity index (χ1n) is 5.56. The second kappa shape index (κ2) is 4.18. The minimum atomic E-state index is 0.484. The van der Waals surface area contributed by atoms with E-state index in [9.17, 15) is 0 Å². The average Bonchev–Trinajstić information content (AvgIpc) is 2.70. The van der Waals surface area contributed by atoms with E-state index in [0.29, 0.717) is 12.5 Å². The Bertz CT molecular complexity index is 500. The van der Waals surface area contributed by atoms with Crippen molar-refractivity contribution in [1.29, 1.82) is 0 Å². The van der Waals surface area contributed by atoms with Gasteiger partial charge >= 0.3 is 0 Å². The largest absolute Gasteiger partial charge is 0.496 e. The normalized spacial score (nSPS) is 11.3. The summed E-state index contributed by atoms with van der Waals surface area (Å²) in [5.74, 6) is 1.38. The summed E-state index contributed by atoms with van der Waals surface area (Å²) in [4.78, 5) is 3.36. The number of methoxy groups -OCH3 is 1. The molecule has 0 aliphatic carbocycles. The van der Waals surface area contributed by atoms with E-state index in [1.54, 1.807) is 7.11 Å². The maximum atomic E-state index is 5.66. The molecule has 0 unspecified atom stereocenters. The number of rotatable bonds is 3. The minimum Gasteiger partial charge on any atom is -0.496 e. The molecular weight excluding hydrogens is 200 g/mol. The summed E-state index contributed by atoms with van der Waals surface area (Å²) in [5.41, 5.74) is 9.15. The van der Waals surface area contributed by atoms with E-state index in [-0.39, 0.29) is 0 Å². The number of H-pyrrole nitrogens is 1. The molecular formula is C13H18N2O. The number of ether oxygens (including phenoxy) is 1. The van der Waals surface area contributed by atoms with Crippen LogP contribution in [-0.2, 0) is 6.54 Å². The number of nitrogens with one attached hydrogen (secondary N) is 1. The maximum absolute atomic E-state index is 5.66. The van der Waals surface area contributed by atoms with Crippen LogP contribution in [0.5, 0.6) is 5.75 Å². The van der Waals surface area contributed by atoms with Gasteiger partial charge in [0.05, 0.1) is 12.6 Å². The van der Waals surface area contributed by atoms with Gasteiger partial charge in [-0.1, -0.05) is 19.9 Å². The molecule has 0 fully saturated rings. The van der Waals surface area contributed by atoms with Crippen molar-refractivity contribution < 1.29 is 4.74 Å². The first-order valence-corrected chi connectivity index (χ1v) is 5.56. The highest BCUT2D eigenvalue weighted by molar-refractivity contribution is 5.89. The van der Waals surface area contributed by atoms with Gasteiger partial charge in [-0.05, 0) is 23.6 Å². The van der Waals surface area contributed by atoms with Gasteiger partial charge in [0.2, 0.25) is 0 Å². The third-order valence-electron chi connectivity index (χ3n) is 2.90. The van der Waals surface area contributed by atoms with Crippen LogP contribution in [0.15, 0.2) is 18.2 Å². The SMILES string of the molecule is COc1ccc(C(C)C)c2[nH]c(CN)cc12. The Kier molecular flexibility index (Phi) is 2.88. The lowest BCUT2D eigenvalue weighted by atomic mass is 10.0. The van der Waals surface area contributed by atoms with Gasteiger partial charge in [0.1, 0.15) is 5.75 Å². The highest BCUT2D eigenvalue weighted by Crippen LogP contribution is 2.32. The van der Waals surface area contributed by atoms with Gasteiger partial charge in [-0.15, -0.1) is 0 Å². The lowest BCUT2D eigenvalue weighted by Gasteiger charge is -2.09. The zero-order valence-corrected chi connectivity index (χ0v) is 10.0. The van der Waals surface area contributed by atoms with E-state index in [4.69, 9.17) is 10.5 Å². The van der Waals surface area contributed by atoms with Crippen molar-refractivity contribution >= 4 is 10.9 Å². The molecule has 86 valence electrons. The fourth-order valence-electron chi connectivity index (χ4n) is 2.04. The molecule has 16 heavy (non-hydrogen) atoms. The van der Waals surface area contributed by atoms with Crippen LogP contribution in [-0.4, -0.2) is 12.1 Å². The van der Waals surface area contributed by atoms with Gasteiger partial charge in [0.15, 0.2) is 0 Å². The molecule has 0 radical (unpaired) electrons. The number of hydrogen-bond acceptors (Lipinski definition) is 2. The quantitative estimate of drug-likeness (QED) is 0.832. The molecule has 1 aromatic heterocycles. The smallest absolute Gasteiger partial charge is 0.128 e. The van der Waals surface area contributed by atoms with Crippen molar-refractivity contribution in [1.82, 2.24) is 4.98 Å². The summed E-state index contributed by atoms with van der Waals surface area (Å²) in [6.07, 6.45) is 0. The summed E-state index contributed by atoms with van der Waals surface area (Å²) in [6.45, 7) is 4.89. The summed E-state index contributed by atoms with van der Waals surface area (Å²) in [6, 6.07) is 6.20. The number of hydrogen-bond donors (Lipinski definition) is 2. The van der Waals surface area contributed by atoms with Crippen molar-refractivity contribution in [3.63, 3.8) is 0 Å². The van der Waals surface area contributed by atoms with Gasteiger partial charge < -0.3 is 15.5 Å². The third-order valence-corrected chi connectivity index (χ3v) is 2.90. The number of aromatic nitrogens is 1. The predicted molar refractivity (Wildman–Crippen MR) is 66.8 cm³/mol. The van der Waals surface area contributed by atoms with E-state index in [2.05, 4.69) is 31.0 Å². The monoisotopic (exact) mass is 218 g/mol. The van der Waals surface area contributed by atoms with Crippen LogP contribution in [0, 0.1) is 0 Å². The van der Waals surface area contributed by atoms with Gasteiger partial charge in [-0.2, -0.15) is 0 Å².